The maximum absolute atomic E-state index is 13.4. The number of pyridine rings is 1. The number of rotatable bonds is 6. The number of anilines is 1. The average Bonchev–Trinajstić information content (AvgIpc) is 3.55. The van der Waals surface area contributed by atoms with Gasteiger partial charge in [-0.3, -0.25) is 24.1 Å². The van der Waals surface area contributed by atoms with E-state index in [0.29, 0.717) is 5.82 Å². The van der Waals surface area contributed by atoms with Crippen LogP contribution in [0.3, 0.4) is 0 Å². The van der Waals surface area contributed by atoms with E-state index in [-0.39, 0.29) is 46.2 Å². The Kier molecular flexibility index (Phi) is 6.72. The number of halogens is 3. The summed E-state index contributed by atoms with van der Waals surface area (Å²) in [5, 5.41) is 6.24. The zero-order valence-corrected chi connectivity index (χ0v) is 22.0. The molecule has 0 aliphatic heterocycles. The third-order valence-electron chi connectivity index (χ3n) is 6.25. The van der Waals surface area contributed by atoms with Crippen molar-refractivity contribution in [3.05, 3.63) is 74.8 Å². The Hall–Kier alpha value is -5.22. The van der Waals surface area contributed by atoms with Gasteiger partial charge in [-0.1, -0.05) is 5.16 Å². The highest BCUT2D eigenvalue weighted by molar-refractivity contribution is 5.93. The minimum Gasteiger partial charge on any atom is -0.337 e. The largest absolute Gasteiger partial charge is 0.433 e. The number of carbonyl (C=O) groups is 1. The number of alkyl halides is 3. The highest BCUT2D eigenvalue weighted by Crippen LogP contribution is 2.31. The van der Waals surface area contributed by atoms with Crippen molar-refractivity contribution in [2.24, 2.45) is 7.05 Å². The normalized spacial score (nSPS) is 12.6. The summed E-state index contributed by atoms with van der Waals surface area (Å²) in [4.78, 5) is 59.4. The standard InChI is InChI=1S/C24H21F3N10O4/c1-11-5-14(6-29-19(11)24(25,26)27)15-7-28-8-16(32-15)33-21(38)12(2)37-10-30-20-18(37)22(39)36(23(40)35(20)4)9-17-31-13(3)34-41-17/h5-8,10,12H,9H2,1-4H3,(H,32,33,38)/t12-/m0/s1. The minimum atomic E-state index is -4.60. The predicted octanol–water partition coefficient (Wildman–Crippen LogP) is 2.02. The summed E-state index contributed by atoms with van der Waals surface area (Å²) in [6.45, 7) is 4.10. The van der Waals surface area contributed by atoms with Gasteiger partial charge in [-0.15, -0.1) is 0 Å². The zero-order chi connectivity index (χ0) is 29.6. The number of fused-ring (bicyclic) bond motifs is 1. The van der Waals surface area contributed by atoms with Gasteiger partial charge in [0, 0.05) is 18.8 Å². The Bertz CT molecular complexity index is 1920. The summed E-state index contributed by atoms with van der Waals surface area (Å²) in [6, 6.07) is 0.265. The molecule has 0 unspecified atom stereocenters. The molecule has 14 nitrogen and oxygen atoms in total. The minimum absolute atomic E-state index is 0.0119. The Labute approximate surface area is 227 Å². The molecule has 5 heterocycles. The van der Waals surface area contributed by atoms with Crippen LogP contribution in [0.4, 0.5) is 19.0 Å². The van der Waals surface area contributed by atoms with Crippen molar-refractivity contribution in [2.75, 3.05) is 5.32 Å². The van der Waals surface area contributed by atoms with Crippen molar-refractivity contribution in [2.45, 2.75) is 39.5 Å². The molecule has 5 rings (SSSR count). The van der Waals surface area contributed by atoms with Crippen LogP contribution in [0.2, 0.25) is 0 Å². The van der Waals surface area contributed by atoms with Crippen molar-refractivity contribution in [1.29, 1.82) is 0 Å². The van der Waals surface area contributed by atoms with Gasteiger partial charge in [0.1, 0.15) is 18.3 Å². The number of hydrogen-bond donors (Lipinski definition) is 1. The first-order valence-electron chi connectivity index (χ1n) is 12.0. The summed E-state index contributed by atoms with van der Waals surface area (Å²) >= 11 is 0. The van der Waals surface area contributed by atoms with E-state index in [1.807, 2.05) is 0 Å². The van der Waals surface area contributed by atoms with E-state index in [1.54, 1.807) is 6.92 Å². The lowest BCUT2D eigenvalue weighted by atomic mass is 10.1. The Morgan fingerprint density at radius 3 is 2.54 bits per heavy atom. The molecule has 0 spiro atoms. The first-order chi connectivity index (χ1) is 19.3. The van der Waals surface area contributed by atoms with Crippen molar-refractivity contribution in [1.82, 2.24) is 43.8 Å². The first kappa shape index (κ1) is 27.4. The van der Waals surface area contributed by atoms with E-state index in [0.717, 1.165) is 15.3 Å². The maximum atomic E-state index is 13.4. The van der Waals surface area contributed by atoms with Crippen LogP contribution in [0.1, 0.15) is 35.9 Å². The quantitative estimate of drug-likeness (QED) is 0.319. The number of amides is 1. The van der Waals surface area contributed by atoms with E-state index >= 15 is 0 Å². The fraction of sp³-hybridized carbons (Fsp3) is 0.292. The second kappa shape index (κ2) is 10.1. The number of aromatic nitrogens is 9. The molecule has 0 bridgehead atoms. The second-order valence-corrected chi connectivity index (χ2v) is 9.13. The number of hydrogen-bond acceptors (Lipinski definition) is 10. The Morgan fingerprint density at radius 1 is 1.12 bits per heavy atom. The van der Waals surface area contributed by atoms with Gasteiger partial charge in [0.15, 0.2) is 22.8 Å². The van der Waals surface area contributed by atoms with Crippen LogP contribution in [0, 0.1) is 13.8 Å². The fourth-order valence-corrected chi connectivity index (χ4v) is 4.20. The van der Waals surface area contributed by atoms with Gasteiger partial charge < -0.3 is 14.4 Å². The van der Waals surface area contributed by atoms with Crippen molar-refractivity contribution in [3.8, 4) is 11.3 Å². The van der Waals surface area contributed by atoms with E-state index < -0.39 is 35.1 Å². The average molecular weight is 570 g/mol. The number of nitrogens with one attached hydrogen (secondary N) is 1. The molecule has 0 radical (unpaired) electrons. The molecule has 0 saturated carbocycles. The Balaban J connectivity index is 1.44. The maximum Gasteiger partial charge on any atom is 0.433 e. The van der Waals surface area contributed by atoms with E-state index in [2.05, 4.69) is 35.4 Å². The van der Waals surface area contributed by atoms with Gasteiger partial charge in [0.2, 0.25) is 11.8 Å². The molecule has 1 atom stereocenters. The van der Waals surface area contributed by atoms with Crippen molar-refractivity contribution < 1.29 is 22.5 Å². The van der Waals surface area contributed by atoms with Crippen molar-refractivity contribution in [3.63, 3.8) is 0 Å². The molecule has 5 aromatic heterocycles. The van der Waals surface area contributed by atoms with E-state index in [1.165, 1.54) is 50.2 Å². The SMILES string of the molecule is Cc1noc(Cn2c(=O)c3c(ncn3[C@@H](C)C(=O)Nc3cncc(-c4cnc(C(F)(F)F)c(C)c4)n3)n(C)c2=O)n1. The predicted molar refractivity (Wildman–Crippen MR) is 136 cm³/mol. The zero-order valence-electron chi connectivity index (χ0n) is 22.0. The summed E-state index contributed by atoms with van der Waals surface area (Å²) in [5.41, 5.74) is -2.00. The van der Waals surface area contributed by atoms with E-state index in [4.69, 9.17) is 4.52 Å². The second-order valence-electron chi connectivity index (χ2n) is 9.13. The number of imidazole rings is 1. The summed E-state index contributed by atoms with van der Waals surface area (Å²) in [6.07, 6.45) is 0.263. The van der Waals surface area contributed by atoms with Crippen LogP contribution in [0.15, 0.2) is 45.1 Å². The molecule has 5 aromatic rings. The third kappa shape index (κ3) is 5.08. The highest BCUT2D eigenvalue weighted by Gasteiger charge is 2.34. The van der Waals surface area contributed by atoms with E-state index in [9.17, 15) is 27.6 Å². The summed E-state index contributed by atoms with van der Waals surface area (Å²) < 4.78 is 47.6. The molecule has 1 amide bonds. The van der Waals surface area contributed by atoms with Gasteiger partial charge >= 0.3 is 11.9 Å². The summed E-state index contributed by atoms with van der Waals surface area (Å²) in [5.74, 6) is -0.212. The fourth-order valence-electron chi connectivity index (χ4n) is 4.20. The first-order valence-corrected chi connectivity index (χ1v) is 12.0. The number of nitrogens with zero attached hydrogens (tertiary/aromatic N) is 9. The van der Waals surface area contributed by atoms with Crippen LogP contribution in [-0.4, -0.2) is 49.7 Å². The number of carbonyl (C=O) groups excluding carboxylic acids is 1. The topological polar surface area (TPSA) is 169 Å². The van der Waals surface area contributed by atoms with Gasteiger partial charge in [0.25, 0.3) is 5.56 Å². The van der Waals surface area contributed by atoms with Crippen LogP contribution in [-0.2, 0) is 24.6 Å². The van der Waals surface area contributed by atoms with Gasteiger partial charge in [-0.25, -0.2) is 19.3 Å². The van der Waals surface area contributed by atoms with Crippen LogP contribution < -0.4 is 16.6 Å². The molecule has 0 aromatic carbocycles. The lowest BCUT2D eigenvalue weighted by Gasteiger charge is -2.15. The van der Waals surface area contributed by atoms with Gasteiger partial charge in [-0.05, 0) is 32.4 Å². The molecule has 0 aliphatic carbocycles. The van der Waals surface area contributed by atoms with Crippen LogP contribution >= 0.6 is 0 Å². The number of aryl methyl sites for hydroxylation is 3. The molecular weight excluding hydrogens is 549 g/mol. The molecule has 212 valence electrons. The van der Waals surface area contributed by atoms with Crippen LogP contribution in [0.5, 0.6) is 0 Å². The van der Waals surface area contributed by atoms with Crippen LogP contribution in [0.25, 0.3) is 22.4 Å². The lowest BCUT2D eigenvalue weighted by molar-refractivity contribution is -0.141. The van der Waals surface area contributed by atoms with Gasteiger partial charge in [0.05, 0.1) is 24.4 Å². The molecular formula is C24H21F3N10O4. The monoisotopic (exact) mass is 570 g/mol. The molecule has 0 saturated heterocycles. The third-order valence-corrected chi connectivity index (χ3v) is 6.25. The smallest absolute Gasteiger partial charge is 0.337 e. The Morgan fingerprint density at radius 2 is 1.88 bits per heavy atom. The highest BCUT2D eigenvalue weighted by atomic mass is 19.4. The van der Waals surface area contributed by atoms with Crippen molar-refractivity contribution >= 4 is 22.9 Å². The molecule has 1 N–H and O–H groups in total. The molecule has 0 aliphatic rings. The molecule has 0 fully saturated rings. The molecule has 17 heteroatoms. The molecule has 41 heavy (non-hydrogen) atoms. The lowest BCUT2D eigenvalue weighted by Crippen LogP contribution is -2.40. The summed E-state index contributed by atoms with van der Waals surface area (Å²) in [7, 11) is 1.43. The van der Waals surface area contributed by atoms with Gasteiger partial charge in [-0.2, -0.15) is 18.2 Å².